The maximum atomic E-state index is 11.5. The molecule has 0 aromatic heterocycles. The third kappa shape index (κ3) is 4.93. The Morgan fingerprint density at radius 1 is 1.29 bits per heavy atom. The van der Waals surface area contributed by atoms with Crippen molar-refractivity contribution in [3.63, 3.8) is 0 Å². The number of nitrogens with two attached hydrogens (primary N) is 1. The second-order valence-corrected chi connectivity index (χ2v) is 5.25. The Morgan fingerprint density at radius 3 is 2.24 bits per heavy atom. The number of urea groups is 1. The molecule has 98 valence electrons. The number of alkyl carbamates (subject to hydrolysis) is 1. The van der Waals surface area contributed by atoms with E-state index in [1.165, 1.54) is 0 Å². The van der Waals surface area contributed by atoms with Crippen LogP contribution in [0.3, 0.4) is 0 Å². The minimum Gasteiger partial charge on any atom is -0.444 e. The van der Waals surface area contributed by atoms with E-state index >= 15 is 0 Å². The van der Waals surface area contributed by atoms with Gasteiger partial charge in [0.2, 0.25) is 0 Å². The van der Waals surface area contributed by atoms with Crippen LogP contribution in [0.15, 0.2) is 0 Å². The van der Waals surface area contributed by atoms with E-state index in [1.54, 1.807) is 4.90 Å². The van der Waals surface area contributed by atoms with Crippen LogP contribution < -0.4 is 11.1 Å². The summed E-state index contributed by atoms with van der Waals surface area (Å²) in [4.78, 5) is 24.0. The van der Waals surface area contributed by atoms with Gasteiger partial charge in [0, 0.05) is 19.1 Å². The number of carbonyl (C=O) groups excluding carboxylic acids is 2. The van der Waals surface area contributed by atoms with Crippen molar-refractivity contribution in [2.75, 3.05) is 13.1 Å². The average molecular weight is 243 g/mol. The number of nitrogens with zero attached hydrogens (tertiary/aromatic N) is 1. The predicted molar refractivity (Wildman–Crippen MR) is 63.5 cm³/mol. The van der Waals surface area contributed by atoms with Crippen LogP contribution in [0.1, 0.15) is 33.6 Å². The first-order valence-electron chi connectivity index (χ1n) is 5.82. The largest absolute Gasteiger partial charge is 0.444 e. The lowest BCUT2D eigenvalue weighted by Gasteiger charge is -2.31. The maximum Gasteiger partial charge on any atom is 0.407 e. The van der Waals surface area contributed by atoms with Gasteiger partial charge in [-0.25, -0.2) is 9.59 Å². The number of piperidine rings is 1. The molecule has 3 N–H and O–H groups in total. The first-order chi connectivity index (χ1) is 7.78. The lowest BCUT2D eigenvalue weighted by atomic mass is 10.1. The molecule has 1 rings (SSSR count). The highest BCUT2D eigenvalue weighted by Crippen LogP contribution is 2.12. The molecule has 0 bridgehead atoms. The normalized spacial score (nSPS) is 17.7. The number of rotatable bonds is 1. The number of nitrogens with one attached hydrogen (secondary N) is 1. The van der Waals surface area contributed by atoms with E-state index in [-0.39, 0.29) is 6.04 Å². The van der Waals surface area contributed by atoms with Crippen molar-refractivity contribution in [2.45, 2.75) is 45.3 Å². The third-order valence-corrected chi connectivity index (χ3v) is 2.53. The van der Waals surface area contributed by atoms with Crippen molar-refractivity contribution in [3.8, 4) is 0 Å². The molecule has 0 radical (unpaired) electrons. The van der Waals surface area contributed by atoms with Crippen LogP contribution in [-0.4, -0.2) is 41.8 Å². The van der Waals surface area contributed by atoms with Gasteiger partial charge in [-0.3, -0.25) is 0 Å². The number of hydrogen-bond donors (Lipinski definition) is 2. The van der Waals surface area contributed by atoms with Gasteiger partial charge in [-0.05, 0) is 33.6 Å². The van der Waals surface area contributed by atoms with Crippen molar-refractivity contribution in [1.29, 1.82) is 0 Å². The molecule has 6 nitrogen and oxygen atoms in total. The molecule has 0 aliphatic carbocycles. The van der Waals surface area contributed by atoms with E-state index in [9.17, 15) is 9.59 Å². The molecule has 0 unspecified atom stereocenters. The summed E-state index contributed by atoms with van der Waals surface area (Å²) < 4.78 is 5.16. The summed E-state index contributed by atoms with van der Waals surface area (Å²) in [6.45, 7) is 6.62. The van der Waals surface area contributed by atoms with E-state index < -0.39 is 17.7 Å². The second-order valence-electron chi connectivity index (χ2n) is 5.25. The van der Waals surface area contributed by atoms with Crippen molar-refractivity contribution >= 4 is 12.1 Å². The van der Waals surface area contributed by atoms with Crippen LogP contribution in [0.4, 0.5) is 9.59 Å². The van der Waals surface area contributed by atoms with E-state index in [1.807, 2.05) is 20.8 Å². The number of hydrogen-bond acceptors (Lipinski definition) is 3. The minimum atomic E-state index is -0.488. The Balaban J connectivity index is 2.31. The van der Waals surface area contributed by atoms with Gasteiger partial charge < -0.3 is 20.7 Å². The Hall–Kier alpha value is -1.46. The standard InChI is InChI=1S/C11H21N3O3/c1-11(2,3)17-10(16)13-8-4-6-14(7-5-8)9(12)15/h8H,4-7H2,1-3H3,(H2,12,15)(H,13,16). The minimum absolute atomic E-state index is 0.0560. The first-order valence-corrected chi connectivity index (χ1v) is 5.82. The maximum absolute atomic E-state index is 11.5. The summed E-state index contributed by atoms with van der Waals surface area (Å²) in [7, 11) is 0. The van der Waals surface area contributed by atoms with Crippen molar-refractivity contribution < 1.29 is 14.3 Å². The molecular formula is C11H21N3O3. The molecule has 1 aliphatic rings. The summed E-state index contributed by atoms with van der Waals surface area (Å²) in [5.41, 5.74) is 4.68. The molecule has 3 amide bonds. The highest BCUT2D eigenvalue weighted by atomic mass is 16.6. The molecule has 0 aromatic carbocycles. The number of amides is 3. The van der Waals surface area contributed by atoms with Crippen LogP contribution in [0.5, 0.6) is 0 Å². The zero-order chi connectivity index (χ0) is 13.1. The van der Waals surface area contributed by atoms with E-state index in [0.717, 1.165) is 0 Å². The van der Waals surface area contributed by atoms with E-state index in [0.29, 0.717) is 25.9 Å². The fraction of sp³-hybridized carbons (Fsp3) is 0.818. The fourth-order valence-electron chi connectivity index (χ4n) is 1.72. The Kier molecular flexibility index (Phi) is 4.20. The Bertz CT molecular complexity index is 291. The summed E-state index contributed by atoms with van der Waals surface area (Å²) in [6, 6.07) is -0.346. The molecule has 0 spiro atoms. The summed E-state index contributed by atoms with van der Waals surface area (Å²) >= 11 is 0. The number of primary amides is 1. The number of likely N-dealkylation sites (tertiary alicyclic amines) is 1. The highest BCUT2D eigenvalue weighted by Gasteiger charge is 2.24. The summed E-state index contributed by atoms with van der Waals surface area (Å²) in [5.74, 6) is 0. The Labute approximate surface area is 101 Å². The summed E-state index contributed by atoms with van der Waals surface area (Å²) in [5, 5.41) is 2.79. The molecule has 0 aromatic rings. The molecule has 1 heterocycles. The van der Waals surface area contributed by atoms with Crippen LogP contribution in [0.25, 0.3) is 0 Å². The fourth-order valence-corrected chi connectivity index (χ4v) is 1.72. The lowest BCUT2D eigenvalue weighted by Crippen LogP contribution is -2.48. The second kappa shape index (κ2) is 5.25. The van der Waals surface area contributed by atoms with Crippen LogP contribution in [-0.2, 0) is 4.74 Å². The van der Waals surface area contributed by atoms with Gasteiger partial charge in [-0.15, -0.1) is 0 Å². The zero-order valence-electron chi connectivity index (χ0n) is 10.7. The molecule has 0 atom stereocenters. The Morgan fingerprint density at radius 2 is 1.82 bits per heavy atom. The van der Waals surface area contributed by atoms with Gasteiger partial charge in [0.1, 0.15) is 5.60 Å². The highest BCUT2D eigenvalue weighted by molar-refractivity contribution is 5.72. The van der Waals surface area contributed by atoms with Crippen LogP contribution in [0, 0.1) is 0 Å². The number of carbonyl (C=O) groups is 2. The van der Waals surface area contributed by atoms with Crippen molar-refractivity contribution in [1.82, 2.24) is 10.2 Å². The quantitative estimate of drug-likeness (QED) is 0.722. The molecule has 1 fully saturated rings. The smallest absolute Gasteiger partial charge is 0.407 e. The first kappa shape index (κ1) is 13.6. The predicted octanol–water partition coefficient (Wildman–Crippen LogP) is 1.05. The van der Waals surface area contributed by atoms with Crippen molar-refractivity contribution in [2.24, 2.45) is 5.73 Å². The molecule has 1 aliphatic heterocycles. The topological polar surface area (TPSA) is 84.7 Å². The van der Waals surface area contributed by atoms with E-state index in [4.69, 9.17) is 10.5 Å². The summed E-state index contributed by atoms with van der Waals surface area (Å²) in [6.07, 6.45) is 1.01. The van der Waals surface area contributed by atoms with E-state index in [2.05, 4.69) is 5.32 Å². The zero-order valence-corrected chi connectivity index (χ0v) is 10.7. The monoisotopic (exact) mass is 243 g/mol. The molecule has 6 heteroatoms. The van der Waals surface area contributed by atoms with Crippen LogP contribution in [0.2, 0.25) is 0 Å². The average Bonchev–Trinajstić information content (AvgIpc) is 2.15. The number of ether oxygens (including phenoxy) is 1. The van der Waals surface area contributed by atoms with Gasteiger partial charge in [0.05, 0.1) is 0 Å². The molecule has 1 saturated heterocycles. The molecule has 0 saturated carbocycles. The third-order valence-electron chi connectivity index (χ3n) is 2.53. The van der Waals surface area contributed by atoms with Crippen molar-refractivity contribution in [3.05, 3.63) is 0 Å². The SMILES string of the molecule is CC(C)(C)OC(=O)NC1CCN(C(N)=O)CC1. The van der Waals surface area contributed by atoms with Gasteiger partial charge in [-0.2, -0.15) is 0 Å². The van der Waals surface area contributed by atoms with Gasteiger partial charge in [-0.1, -0.05) is 0 Å². The van der Waals surface area contributed by atoms with Crippen LogP contribution >= 0.6 is 0 Å². The van der Waals surface area contributed by atoms with Gasteiger partial charge in [0.25, 0.3) is 0 Å². The van der Waals surface area contributed by atoms with Gasteiger partial charge >= 0.3 is 12.1 Å². The lowest BCUT2D eigenvalue weighted by molar-refractivity contribution is 0.0486. The molecular weight excluding hydrogens is 222 g/mol. The van der Waals surface area contributed by atoms with Gasteiger partial charge in [0.15, 0.2) is 0 Å². The molecule has 17 heavy (non-hydrogen) atoms.